The number of nitrogens with two attached hydrogens (primary N) is 1. The van der Waals surface area contributed by atoms with Crippen molar-refractivity contribution in [3.63, 3.8) is 0 Å². The molecule has 4 N–H and O–H groups in total. The van der Waals surface area contributed by atoms with E-state index in [4.69, 9.17) is 5.84 Å². The number of rotatable bonds is 5. The molecule has 2 amide bonds. The van der Waals surface area contributed by atoms with Crippen LogP contribution in [0.5, 0.6) is 0 Å². The second-order valence-electron chi connectivity index (χ2n) is 4.43. The number of nitrogens with zero attached hydrogens (tertiary/aromatic N) is 1. The molecule has 0 fully saturated rings. The van der Waals surface area contributed by atoms with Crippen molar-refractivity contribution in [2.75, 3.05) is 0 Å². The van der Waals surface area contributed by atoms with Crippen molar-refractivity contribution in [1.29, 1.82) is 0 Å². The lowest BCUT2D eigenvalue weighted by Gasteiger charge is -2.03. The quantitative estimate of drug-likeness (QED) is 0.434. The molecule has 0 atom stereocenters. The van der Waals surface area contributed by atoms with E-state index in [1.54, 1.807) is 6.92 Å². The van der Waals surface area contributed by atoms with Crippen LogP contribution in [0.1, 0.15) is 25.9 Å². The summed E-state index contributed by atoms with van der Waals surface area (Å²) in [7, 11) is 0. The summed E-state index contributed by atoms with van der Waals surface area (Å²) in [6, 6.07) is 9.65. The van der Waals surface area contributed by atoms with Gasteiger partial charge < -0.3 is 5.32 Å². The Morgan fingerprint density at radius 2 is 2.00 bits per heavy atom. The number of amides is 2. The second-order valence-corrected chi connectivity index (χ2v) is 5.52. The first-order chi connectivity index (χ1) is 10.1. The molecule has 0 aliphatic carbocycles. The molecule has 0 radical (unpaired) electrons. The predicted molar refractivity (Wildman–Crippen MR) is 80.5 cm³/mol. The molecule has 2 aromatic rings. The summed E-state index contributed by atoms with van der Waals surface area (Å²) in [6.07, 6.45) is 0.0774. The number of hydrogen-bond acceptors (Lipinski definition) is 5. The molecule has 0 aliphatic rings. The van der Waals surface area contributed by atoms with E-state index in [0.29, 0.717) is 22.1 Å². The third-order valence-corrected chi connectivity index (χ3v) is 3.97. The van der Waals surface area contributed by atoms with Crippen LogP contribution in [0.2, 0.25) is 0 Å². The van der Waals surface area contributed by atoms with Gasteiger partial charge in [-0.1, -0.05) is 30.3 Å². The van der Waals surface area contributed by atoms with Gasteiger partial charge in [0.05, 0.1) is 12.1 Å². The minimum atomic E-state index is -0.333. The minimum absolute atomic E-state index is 0.0774. The molecule has 21 heavy (non-hydrogen) atoms. The summed E-state index contributed by atoms with van der Waals surface area (Å²) in [5.74, 6) is 4.51. The van der Waals surface area contributed by atoms with Gasteiger partial charge in [-0.2, -0.15) is 0 Å². The Bertz CT molecular complexity index is 640. The number of aryl methyl sites for hydroxylation is 1. The van der Waals surface area contributed by atoms with Crippen LogP contribution in [-0.2, 0) is 17.8 Å². The first kappa shape index (κ1) is 15.1. The number of carbonyl (C=O) groups excluding carboxylic acids is 2. The van der Waals surface area contributed by atoms with Crippen molar-refractivity contribution in [3.05, 3.63) is 51.5 Å². The minimum Gasteiger partial charge on any atom is -0.347 e. The molecule has 0 aliphatic heterocycles. The Morgan fingerprint density at radius 3 is 2.67 bits per heavy atom. The summed E-state index contributed by atoms with van der Waals surface area (Å²) >= 11 is 1.21. The zero-order valence-corrected chi connectivity index (χ0v) is 12.4. The van der Waals surface area contributed by atoms with E-state index in [9.17, 15) is 9.59 Å². The molecule has 2 rings (SSSR count). The van der Waals surface area contributed by atoms with E-state index in [1.165, 1.54) is 11.3 Å². The second kappa shape index (κ2) is 6.96. The average Bonchev–Trinajstić information content (AvgIpc) is 2.86. The van der Waals surface area contributed by atoms with E-state index in [0.717, 1.165) is 5.56 Å². The van der Waals surface area contributed by atoms with Crippen LogP contribution in [0, 0.1) is 6.92 Å². The highest BCUT2D eigenvalue weighted by Crippen LogP contribution is 2.18. The normalized spacial score (nSPS) is 10.2. The first-order valence-corrected chi connectivity index (χ1v) is 7.19. The number of hydrogen-bond donors (Lipinski definition) is 3. The van der Waals surface area contributed by atoms with Gasteiger partial charge in [0.15, 0.2) is 0 Å². The Kier molecular flexibility index (Phi) is 5.02. The Labute approximate surface area is 126 Å². The number of carbonyl (C=O) groups is 2. The van der Waals surface area contributed by atoms with Crippen LogP contribution in [0.3, 0.4) is 0 Å². The molecule has 1 aromatic heterocycles. The SMILES string of the molecule is Cc1nc(CC(=O)NN)sc1C(=O)NCc1ccccc1. The van der Waals surface area contributed by atoms with Gasteiger partial charge in [-0.25, -0.2) is 10.8 Å². The summed E-state index contributed by atoms with van der Waals surface area (Å²) in [6.45, 7) is 2.20. The molecular formula is C14H16N4O2S. The third kappa shape index (κ3) is 4.11. The largest absolute Gasteiger partial charge is 0.347 e. The number of aromatic nitrogens is 1. The van der Waals surface area contributed by atoms with Crippen molar-refractivity contribution >= 4 is 23.2 Å². The number of thiazole rings is 1. The molecular weight excluding hydrogens is 288 g/mol. The monoisotopic (exact) mass is 304 g/mol. The molecule has 110 valence electrons. The van der Waals surface area contributed by atoms with Crippen LogP contribution in [0.15, 0.2) is 30.3 Å². The van der Waals surface area contributed by atoms with Crippen molar-refractivity contribution in [2.24, 2.45) is 5.84 Å². The fourth-order valence-electron chi connectivity index (χ4n) is 1.79. The summed E-state index contributed by atoms with van der Waals surface area (Å²) in [5, 5.41) is 3.41. The van der Waals surface area contributed by atoms with Gasteiger partial charge in [0, 0.05) is 6.54 Å². The van der Waals surface area contributed by atoms with E-state index in [2.05, 4.69) is 10.3 Å². The summed E-state index contributed by atoms with van der Waals surface area (Å²) in [4.78, 5) is 28.1. The standard InChI is InChI=1S/C14H16N4O2S/c1-9-13(21-12(17-9)7-11(19)18-15)14(20)16-8-10-5-3-2-4-6-10/h2-6H,7-8,15H2,1H3,(H,16,20)(H,18,19). The van der Waals surface area contributed by atoms with Crippen LogP contribution in [0.25, 0.3) is 0 Å². The van der Waals surface area contributed by atoms with E-state index in [-0.39, 0.29) is 18.2 Å². The summed E-state index contributed by atoms with van der Waals surface area (Å²) < 4.78 is 0. The lowest BCUT2D eigenvalue weighted by Crippen LogP contribution is -2.31. The molecule has 0 unspecified atom stereocenters. The van der Waals surface area contributed by atoms with Crippen molar-refractivity contribution < 1.29 is 9.59 Å². The Morgan fingerprint density at radius 1 is 1.29 bits per heavy atom. The van der Waals surface area contributed by atoms with Gasteiger partial charge in [0.25, 0.3) is 5.91 Å². The molecule has 7 heteroatoms. The van der Waals surface area contributed by atoms with E-state index < -0.39 is 0 Å². The van der Waals surface area contributed by atoms with Gasteiger partial charge in [-0.15, -0.1) is 11.3 Å². The molecule has 0 bridgehead atoms. The average molecular weight is 304 g/mol. The zero-order chi connectivity index (χ0) is 15.2. The maximum atomic E-state index is 12.1. The van der Waals surface area contributed by atoms with Gasteiger partial charge in [0.2, 0.25) is 5.91 Å². The van der Waals surface area contributed by atoms with E-state index >= 15 is 0 Å². The number of nitrogens with one attached hydrogen (secondary N) is 2. The molecule has 6 nitrogen and oxygen atoms in total. The van der Waals surface area contributed by atoms with Gasteiger partial charge >= 0.3 is 0 Å². The van der Waals surface area contributed by atoms with Crippen LogP contribution >= 0.6 is 11.3 Å². The van der Waals surface area contributed by atoms with Crippen LogP contribution in [0.4, 0.5) is 0 Å². The topological polar surface area (TPSA) is 97.1 Å². The lowest BCUT2D eigenvalue weighted by atomic mass is 10.2. The molecule has 1 heterocycles. The molecule has 0 saturated heterocycles. The fourth-order valence-corrected chi connectivity index (χ4v) is 2.77. The van der Waals surface area contributed by atoms with E-state index in [1.807, 2.05) is 35.8 Å². The van der Waals surface area contributed by atoms with Gasteiger partial charge in [-0.3, -0.25) is 15.0 Å². The van der Waals surface area contributed by atoms with Crippen LogP contribution < -0.4 is 16.6 Å². The fraction of sp³-hybridized carbons (Fsp3) is 0.214. The highest BCUT2D eigenvalue weighted by molar-refractivity contribution is 7.13. The molecule has 0 spiro atoms. The molecule has 0 saturated carbocycles. The Balaban J connectivity index is 2.00. The van der Waals surface area contributed by atoms with Gasteiger partial charge in [0.1, 0.15) is 9.88 Å². The van der Waals surface area contributed by atoms with Crippen molar-refractivity contribution in [1.82, 2.24) is 15.7 Å². The Hall–Kier alpha value is -2.25. The maximum absolute atomic E-state index is 12.1. The third-order valence-electron chi connectivity index (χ3n) is 2.82. The summed E-state index contributed by atoms with van der Waals surface area (Å²) in [5.41, 5.74) is 3.69. The lowest BCUT2D eigenvalue weighted by molar-refractivity contribution is -0.120. The maximum Gasteiger partial charge on any atom is 0.263 e. The van der Waals surface area contributed by atoms with Gasteiger partial charge in [-0.05, 0) is 12.5 Å². The first-order valence-electron chi connectivity index (χ1n) is 6.38. The van der Waals surface area contributed by atoms with Crippen LogP contribution in [-0.4, -0.2) is 16.8 Å². The predicted octanol–water partition coefficient (Wildman–Crippen LogP) is 0.914. The smallest absolute Gasteiger partial charge is 0.263 e. The van der Waals surface area contributed by atoms with Crippen molar-refractivity contribution in [3.8, 4) is 0 Å². The molecule has 1 aromatic carbocycles. The number of benzene rings is 1. The number of hydrazine groups is 1. The van der Waals surface area contributed by atoms with Crippen molar-refractivity contribution in [2.45, 2.75) is 19.9 Å². The highest BCUT2D eigenvalue weighted by atomic mass is 32.1. The highest BCUT2D eigenvalue weighted by Gasteiger charge is 2.16. The zero-order valence-electron chi connectivity index (χ0n) is 11.6.